The molecular weight excluding hydrogens is 639 g/mol. The molecular formula is C46H37BN2O3. The average molecular weight is 677 g/mol. The number of nitrogens with zero attached hydrogens (tertiary/aromatic N) is 2. The van der Waals surface area contributed by atoms with E-state index in [1.807, 2.05) is 42.5 Å². The Kier molecular flexibility index (Phi) is 7.69. The minimum Gasteiger partial charge on any atom is -0.455 e. The highest BCUT2D eigenvalue weighted by atomic mass is 16.7. The molecule has 0 atom stereocenters. The first-order valence-electron chi connectivity index (χ1n) is 17.8. The van der Waals surface area contributed by atoms with Crippen molar-refractivity contribution in [2.24, 2.45) is 0 Å². The van der Waals surface area contributed by atoms with Gasteiger partial charge in [-0.2, -0.15) is 0 Å². The van der Waals surface area contributed by atoms with Crippen LogP contribution < -0.4 is 5.46 Å². The van der Waals surface area contributed by atoms with Gasteiger partial charge < -0.3 is 13.7 Å². The van der Waals surface area contributed by atoms with E-state index in [0.717, 1.165) is 72.2 Å². The quantitative estimate of drug-likeness (QED) is 0.164. The third kappa shape index (κ3) is 5.61. The summed E-state index contributed by atoms with van der Waals surface area (Å²) < 4.78 is 20.2. The van der Waals surface area contributed by atoms with Gasteiger partial charge in [0.1, 0.15) is 11.2 Å². The summed E-state index contributed by atoms with van der Waals surface area (Å²) in [5.41, 5.74) is 10.3. The van der Waals surface area contributed by atoms with Crippen LogP contribution in [-0.2, 0) is 9.31 Å². The van der Waals surface area contributed by atoms with Gasteiger partial charge in [-0.3, -0.25) is 0 Å². The van der Waals surface area contributed by atoms with Gasteiger partial charge in [-0.1, -0.05) is 140 Å². The maximum absolute atomic E-state index is 6.94. The molecule has 3 heterocycles. The molecule has 0 unspecified atom stereocenters. The van der Waals surface area contributed by atoms with Crippen molar-refractivity contribution in [2.45, 2.75) is 38.9 Å². The van der Waals surface area contributed by atoms with Crippen molar-refractivity contribution in [3.63, 3.8) is 0 Å². The predicted octanol–water partition coefficient (Wildman–Crippen LogP) is 11.0. The lowest BCUT2D eigenvalue weighted by Crippen LogP contribution is -2.41. The van der Waals surface area contributed by atoms with E-state index < -0.39 is 18.3 Å². The van der Waals surface area contributed by atoms with E-state index in [-0.39, 0.29) is 0 Å². The van der Waals surface area contributed by atoms with E-state index in [1.165, 1.54) is 5.56 Å². The zero-order valence-electron chi connectivity index (χ0n) is 29.6. The van der Waals surface area contributed by atoms with Gasteiger partial charge >= 0.3 is 7.12 Å². The van der Waals surface area contributed by atoms with Crippen LogP contribution in [0.4, 0.5) is 0 Å². The van der Waals surface area contributed by atoms with Gasteiger partial charge in [-0.05, 0) is 62.0 Å². The number of hydrogen-bond acceptors (Lipinski definition) is 5. The van der Waals surface area contributed by atoms with E-state index in [1.54, 1.807) is 0 Å². The van der Waals surface area contributed by atoms with Crippen LogP contribution >= 0.6 is 0 Å². The molecule has 0 bridgehead atoms. The molecule has 6 heteroatoms. The highest BCUT2D eigenvalue weighted by Crippen LogP contribution is 2.42. The second-order valence-electron chi connectivity index (χ2n) is 14.5. The summed E-state index contributed by atoms with van der Waals surface area (Å²) in [5, 5.41) is 1.99. The van der Waals surface area contributed by atoms with Gasteiger partial charge in [0.2, 0.25) is 0 Å². The van der Waals surface area contributed by atoms with Crippen molar-refractivity contribution in [1.29, 1.82) is 0 Å². The Morgan fingerprint density at radius 1 is 0.442 bits per heavy atom. The molecule has 0 spiro atoms. The smallest absolute Gasteiger partial charge is 0.455 e. The SMILES string of the molecule is CC1(C)OB(c2cc(-c3cc(-c4ccc(-c5ccccc5)cc4)nc(-c4ccccc4)n3)c3oc4c(-c5ccccc5)cccc4c3c2)OC1(C)C. The third-order valence-corrected chi connectivity index (χ3v) is 10.6. The third-order valence-electron chi connectivity index (χ3n) is 10.6. The molecule has 0 amide bonds. The predicted molar refractivity (Wildman–Crippen MR) is 212 cm³/mol. The van der Waals surface area contributed by atoms with Crippen LogP contribution in [0.3, 0.4) is 0 Å². The normalized spacial score (nSPS) is 15.0. The van der Waals surface area contributed by atoms with E-state index in [9.17, 15) is 0 Å². The monoisotopic (exact) mass is 676 g/mol. The van der Waals surface area contributed by atoms with Crippen LogP contribution in [0.5, 0.6) is 0 Å². The fourth-order valence-electron chi connectivity index (χ4n) is 6.99. The summed E-state index contributed by atoms with van der Waals surface area (Å²) in [7, 11) is -0.573. The van der Waals surface area contributed by atoms with Crippen LogP contribution in [0.1, 0.15) is 27.7 Å². The summed E-state index contributed by atoms with van der Waals surface area (Å²) in [6.07, 6.45) is 0. The summed E-state index contributed by atoms with van der Waals surface area (Å²) >= 11 is 0. The summed E-state index contributed by atoms with van der Waals surface area (Å²) in [5.74, 6) is 0.635. The molecule has 0 radical (unpaired) electrons. The highest BCUT2D eigenvalue weighted by molar-refractivity contribution is 6.62. The molecule has 252 valence electrons. The van der Waals surface area contributed by atoms with Crippen molar-refractivity contribution in [1.82, 2.24) is 9.97 Å². The molecule has 1 fully saturated rings. The van der Waals surface area contributed by atoms with Gasteiger partial charge in [0.25, 0.3) is 0 Å². The first kappa shape index (κ1) is 32.1. The Balaban J connectivity index is 1.28. The second-order valence-corrected chi connectivity index (χ2v) is 14.5. The zero-order chi connectivity index (χ0) is 35.5. The molecule has 0 saturated carbocycles. The van der Waals surface area contributed by atoms with Gasteiger partial charge in [-0.25, -0.2) is 9.97 Å². The van der Waals surface area contributed by atoms with E-state index >= 15 is 0 Å². The molecule has 0 aliphatic carbocycles. The maximum atomic E-state index is 6.94. The van der Waals surface area contributed by atoms with E-state index in [0.29, 0.717) is 5.82 Å². The first-order chi connectivity index (χ1) is 25.2. The lowest BCUT2D eigenvalue weighted by Gasteiger charge is -2.32. The minimum absolute atomic E-state index is 0.500. The van der Waals surface area contributed by atoms with Crippen LogP contribution in [0, 0.1) is 0 Å². The molecule has 1 aliphatic heterocycles. The van der Waals surface area contributed by atoms with Crippen LogP contribution in [0.25, 0.3) is 78.1 Å². The Labute approximate surface area is 304 Å². The topological polar surface area (TPSA) is 57.4 Å². The summed E-state index contributed by atoms with van der Waals surface area (Å²) in [6.45, 7) is 8.32. The lowest BCUT2D eigenvalue weighted by atomic mass is 9.77. The highest BCUT2D eigenvalue weighted by Gasteiger charge is 2.52. The molecule has 52 heavy (non-hydrogen) atoms. The number of para-hydroxylation sites is 1. The molecule has 6 aromatic carbocycles. The van der Waals surface area contributed by atoms with Crippen molar-refractivity contribution >= 4 is 34.5 Å². The van der Waals surface area contributed by atoms with Crippen molar-refractivity contribution in [3.05, 3.63) is 152 Å². The van der Waals surface area contributed by atoms with Crippen LogP contribution in [0.2, 0.25) is 0 Å². The van der Waals surface area contributed by atoms with E-state index in [4.69, 9.17) is 23.7 Å². The lowest BCUT2D eigenvalue weighted by molar-refractivity contribution is 0.00578. The average Bonchev–Trinajstić information content (AvgIpc) is 3.67. The number of furan rings is 1. The van der Waals surface area contributed by atoms with Crippen molar-refractivity contribution in [3.8, 4) is 56.2 Å². The molecule has 0 N–H and O–H groups in total. The maximum Gasteiger partial charge on any atom is 0.494 e. The Hall–Kier alpha value is -5.82. The van der Waals surface area contributed by atoms with Crippen LogP contribution in [-0.4, -0.2) is 28.3 Å². The standard InChI is InChI=1S/C46H37BN2O3/c1-45(2)46(3,4)52-47(51-45)35-27-38-37-22-14-21-36(32-17-10-6-11-18-32)42(37)50-43(38)39(28-35)41-29-40(48-44(49-41)34-19-12-7-13-20-34)33-25-23-31(24-26-33)30-15-8-5-9-16-30/h5-29H,1-4H3. The fraction of sp³-hybridized carbons (Fsp3) is 0.130. The fourth-order valence-corrected chi connectivity index (χ4v) is 6.99. The van der Waals surface area contributed by atoms with Gasteiger partial charge in [0.05, 0.1) is 22.6 Å². The largest absolute Gasteiger partial charge is 0.494 e. The Bertz CT molecular complexity index is 2550. The number of benzene rings is 6. The Morgan fingerprint density at radius 2 is 0.981 bits per heavy atom. The Morgan fingerprint density at radius 3 is 1.63 bits per heavy atom. The summed E-state index contributed by atoms with van der Waals surface area (Å²) in [6, 6.07) is 52.1. The molecule has 8 aromatic rings. The van der Waals surface area contributed by atoms with Crippen LogP contribution in [0.15, 0.2) is 156 Å². The number of aromatic nitrogens is 2. The van der Waals surface area contributed by atoms with Gasteiger partial charge in [-0.15, -0.1) is 0 Å². The molecule has 9 rings (SSSR count). The van der Waals surface area contributed by atoms with Crippen molar-refractivity contribution in [2.75, 3.05) is 0 Å². The first-order valence-corrected chi connectivity index (χ1v) is 17.8. The molecule has 1 aliphatic rings. The van der Waals surface area contributed by atoms with Gasteiger partial charge in [0.15, 0.2) is 5.82 Å². The van der Waals surface area contributed by atoms with E-state index in [2.05, 4.69) is 137 Å². The summed E-state index contributed by atoms with van der Waals surface area (Å²) in [4.78, 5) is 10.4. The number of fused-ring (bicyclic) bond motifs is 3. The second kappa shape index (κ2) is 12.4. The zero-order valence-corrected chi connectivity index (χ0v) is 29.6. The number of hydrogen-bond donors (Lipinski definition) is 0. The molecule has 1 saturated heterocycles. The minimum atomic E-state index is -0.573. The van der Waals surface area contributed by atoms with Gasteiger partial charge in [0, 0.05) is 33.0 Å². The molecule has 2 aromatic heterocycles. The van der Waals surface area contributed by atoms with Crippen molar-refractivity contribution < 1.29 is 13.7 Å². The number of rotatable bonds is 6. The molecule has 5 nitrogen and oxygen atoms in total.